The van der Waals surface area contributed by atoms with Crippen LogP contribution in [0.2, 0.25) is 5.02 Å². The van der Waals surface area contributed by atoms with E-state index < -0.39 is 0 Å². The second-order valence-electron chi connectivity index (χ2n) is 6.99. The van der Waals surface area contributed by atoms with E-state index in [0.29, 0.717) is 10.1 Å². The van der Waals surface area contributed by atoms with E-state index in [1.165, 1.54) is 0 Å². The zero-order chi connectivity index (χ0) is 20.5. The molecule has 0 saturated carbocycles. The van der Waals surface area contributed by atoms with Crippen molar-refractivity contribution in [1.29, 1.82) is 0 Å². The lowest BCUT2D eigenvalue weighted by Gasteiger charge is -2.29. The molecule has 5 nitrogen and oxygen atoms in total. The van der Waals surface area contributed by atoms with Gasteiger partial charge in [-0.3, -0.25) is 9.97 Å². The topological polar surface area (TPSA) is 46.0 Å². The molecule has 1 fully saturated rings. The predicted octanol–water partition coefficient (Wildman–Crippen LogP) is 5.10. The maximum Gasteiger partial charge on any atom is 0.174 e. The average Bonchev–Trinajstić information content (AvgIpc) is 3.40. The molecule has 0 bridgehead atoms. The predicted molar refractivity (Wildman–Crippen MR) is 123 cm³/mol. The van der Waals surface area contributed by atoms with Gasteiger partial charge in [0.2, 0.25) is 0 Å². The first-order valence-electron chi connectivity index (χ1n) is 9.56. The Labute approximate surface area is 185 Å². The number of anilines is 1. The molecule has 148 valence electrons. The summed E-state index contributed by atoms with van der Waals surface area (Å²) in [7, 11) is 0. The SMILES string of the molecule is S=C1N[C@@H](c2ccccn2)[C@H](c2cccn2-c2cccnc2)N1c1ccc(Cl)cc1. The van der Waals surface area contributed by atoms with E-state index in [9.17, 15) is 0 Å². The molecule has 1 aliphatic rings. The highest BCUT2D eigenvalue weighted by atomic mass is 35.5. The van der Waals surface area contributed by atoms with Gasteiger partial charge in [0.25, 0.3) is 0 Å². The quantitative estimate of drug-likeness (QED) is 0.455. The molecule has 1 N–H and O–H groups in total. The third-order valence-electron chi connectivity index (χ3n) is 5.21. The minimum absolute atomic E-state index is 0.108. The van der Waals surface area contributed by atoms with Crippen molar-refractivity contribution in [1.82, 2.24) is 19.9 Å². The van der Waals surface area contributed by atoms with Gasteiger partial charge in [0.15, 0.2) is 5.11 Å². The van der Waals surface area contributed by atoms with Crippen LogP contribution in [0.15, 0.2) is 91.5 Å². The number of aromatic nitrogens is 3. The second kappa shape index (κ2) is 7.89. The molecule has 0 aliphatic carbocycles. The molecule has 3 aromatic heterocycles. The number of halogens is 1. The summed E-state index contributed by atoms with van der Waals surface area (Å²) < 4.78 is 2.14. The van der Waals surface area contributed by atoms with Crippen molar-refractivity contribution in [3.8, 4) is 5.69 Å². The van der Waals surface area contributed by atoms with Gasteiger partial charge < -0.3 is 14.8 Å². The Morgan fingerprint density at radius 3 is 2.50 bits per heavy atom. The zero-order valence-electron chi connectivity index (χ0n) is 15.9. The van der Waals surface area contributed by atoms with Crippen LogP contribution in [0.3, 0.4) is 0 Å². The molecule has 1 aliphatic heterocycles. The molecule has 1 saturated heterocycles. The van der Waals surface area contributed by atoms with Gasteiger partial charge in [0.05, 0.1) is 23.6 Å². The van der Waals surface area contributed by atoms with E-state index in [0.717, 1.165) is 22.8 Å². The lowest BCUT2D eigenvalue weighted by Crippen LogP contribution is -2.30. The maximum atomic E-state index is 6.13. The number of thiocarbonyl (C=S) groups is 1. The third-order valence-corrected chi connectivity index (χ3v) is 5.78. The summed E-state index contributed by atoms with van der Waals surface area (Å²) in [6.45, 7) is 0. The molecule has 0 unspecified atom stereocenters. The lowest BCUT2D eigenvalue weighted by atomic mass is 10.0. The first-order valence-corrected chi connectivity index (χ1v) is 10.3. The molecule has 2 atom stereocenters. The summed E-state index contributed by atoms with van der Waals surface area (Å²) in [6, 6.07) is 21.6. The Morgan fingerprint density at radius 2 is 1.77 bits per heavy atom. The summed E-state index contributed by atoms with van der Waals surface area (Å²) in [6.07, 6.45) is 7.48. The van der Waals surface area contributed by atoms with Crippen LogP contribution >= 0.6 is 23.8 Å². The van der Waals surface area contributed by atoms with Crippen LogP contribution in [0.1, 0.15) is 23.5 Å². The Bertz CT molecular complexity index is 1160. The first kappa shape index (κ1) is 18.8. The average molecular weight is 432 g/mol. The summed E-state index contributed by atoms with van der Waals surface area (Å²) in [5.74, 6) is 0. The van der Waals surface area contributed by atoms with Gasteiger partial charge in [0, 0.05) is 35.0 Å². The number of nitrogens with one attached hydrogen (secondary N) is 1. The summed E-state index contributed by atoms with van der Waals surface area (Å²) in [5, 5.41) is 4.82. The Morgan fingerprint density at radius 1 is 0.900 bits per heavy atom. The number of hydrogen-bond donors (Lipinski definition) is 1. The number of hydrogen-bond acceptors (Lipinski definition) is 3. The molecule has 1 aromatic carbocycles. The lowest BCUT2D eigenvalue weighted by molar-refractivity contribution is 0.549. The van der Waals surface area contributed by atoms with Crippen LogP contribution < -0.4 is 10.2 Å². The fraction of sp³-hybridized carbons (Fsp3) is 0.0870. The van der Waals surface area contributed by atoms with E-state index >= 15 is 0 Å². The molecule has 30 heavy (non-hydrogen) atoms. The second-order valence-corrected chi connectivity index (χ2v) is 7.81. The monoisotopic (exact) mass is 431 g/mol. The standard InChI is InChI=1S/C23H18ClN5S/c24-16-8-10-17(11-9-16)29-22(21(27-23(29)30)19-6-1-2-13-26-19)20-7-4-14-28(20)18-5-3-12-25-15-18/h1-15,21-22H,(H,27,30)/t21-,22-/m0/s1. The molecule has 7 heteroatoms. The molecular formula is C23H18ClN5S. The van der Waals surface area contributed by atoms with Crippen LogP contribution in [0.4, 0.5) is 5.69 Å². The largest absolute Gasteiger partial charge is 0.351 e. The van der Waals surface area contributed by atoms with Gasteiger partial charge in [0.1, 0.15) is 6.04 Å². The fourth-order valence-electron chi connectivity index (χ4n) is 3.90. The van der Waals surface area contributed by atoms with E-state index in [1.807, 2.05) is 79.3 Å². The first-order chi connectivity index (χ1) is 14.7. The van der Waals surface area contributed by atoms with Crippen molar-refractivity contribution in [3.63, 3.8) is 0 Å². The maximum absolute atomic E-state index is 6.13. The zero-order valence-corrected chi connectivity index (χ0v) is 17.5. The van der Waals surface area contributed by atoms with E-state index in [4.69, 9.17) is 23.8 Å². The van der Waals surface area contributed by atoms with Crippen molar-refractivity contribution >= 4 is 34.6 Å². The van der Waals surface area contributed by atoms with Gasteiger partial charge >= 0.3 is 0 Å². The number of nitrogens with zero attached hydrogens (tertiary/aromatic N) is 4. The highest BCUT2D eigenvalue weighted by Gasteiger charge is 2.42. The van der Waals surface area contributed by atoms with E-state index in [-0.39, 0.29) is 12.1 Å². The Kier molecular flexibility index (Phi) is 4.94. The molecular weight excluding hydrogens is 414 g/mol. The van der Waals surface area contributed by atoms with Crippen LogP contribution in [-0.4, -0.2) is 19.6 Å². The molecule has 0 spiro atoms. The van der Waals surface area contributed by atoms with E-state index in [1.54, 1.807) is 6.20 Å². The van der Waals surface area contributed by atoms with Gasteiger partial charge in [-0.1, -0.05) is 17.7 Å². The molecule has 5 rings (SSSR count). The van der Waals surface area contributed by atoms with Gasteiger partial charge in [-0.2, -0.15) is 0 Å². The minimum atomic E-state index is -0.111. The van der Waals surface area contributed by atoms with Gasteiger partial charge in [-0.05, 0) is 72.9 Å². The van der Waals surface area contributed by atoms with Gasteiger partial charge in [-0.15, -0.1) is 0 Å². The van der Waals surface area contributed by atoms with Crippen LogP contribution in [-0.2, 0) is 0 Å². The van der Waals surface area contributed by atoms with Crippen molar-refractivity contribution in [2.75, 3.05) is 4.90 Å². The fourth-order valence-corrected chi connectivity index (χ4v) is 4.37. The smallest absolute Gasteiger partial charge is 0.174 e. The molecule has 4 aromatic rings. The normalized spacial score (nSPS) is 18.4. The van der Waals surface area contributed by atoms with Crippen LogP contribution in [0.25, 0.3) is 5.69 Å². The van der Waals surface area contributed by atoms with Crippen LogP contribution in [0, 0.1) is 0 Å². The molecule has 0 amide bonds. The van der Waals surface area contributed by atoms with Crippen LogP contribution in [0.5, 0.6) is 0 Å². The molecule has 4 heterocycles. The number of rotatable bonds is 4. The van der Waals surface area contributed by atoms with Crippen molar-refractivity contribution in [2.45, 2.75) is 12.1 Å². The minimum Gasteiger partial charge on any atom is -0.351 e. The molecule has 0 radical (unpaired) electrons. The summed E-state index contributed by atoms with van der Waals surface area (Å²) >= 11 is 11.9. The Balaban J connectivity index is 1.67. The Hall–Kier alpha value is -3.22. The third kappa shape index (κ3) is 3.34. The van der Waals surface area contributed by atoms with Crippen molar-refractivity contribution in [3.05, 3.63) is 108 Å². The van der Waals surface area contributed by atoms with E-state index in [2.05, 4.69) is 30.8 Å². The summed E-state index contributed by atoms with van der Waals surface area (Å²) in [5.41, 5.74) is 3.98. The van der Waals surface area contributed by atoms with Crippen molar-refractivity contribution in [2.24, 2.45) is 0 Å². The van der Waals surface area contributed by atoms with Crippen molar-refractivity contribution < 1.29 is 0 Å². The highest BCUT2D eigenvalue weighted by molar-refractivity contribution is 7.80. The number of benzene rings is 1. The van der Waals surface area contributed by atoms with Gasteiger partial charge in [-0.25, -0.2) is 0 Å². The number of pyridine rings is 2. The highest BCUT2D eigenvalue weighted by Crippen LogP contribution is 2.42. The summed E-state index contributed by atoms with van der Waals surface area (Å²) in [4.78, 5) is 11.0.